The maximum atomic E-state index is 11.6. The predicted octanol–water partition coefficient (Wildman–Crippen LogP) is 5.33. The van der Waals surface area contributed by atoms with Crippen molar-refractivity contribution in [3.05, 3.63) is 69.2 Å². The van der Waals surface area contributed by atoms with Crippen LogP contribution in [0, 0.1) is 25.2 Å². The van der Waals surface area contributed by atoms with Crippen LogP contribution >= 0.6 is 23.4 Å². The van der Waals surface area contributed by atoms with E-state index in [-0.39, 0.29) is 5.57 Å². The Morgan fingerprint density at radius 3 is 2.56 bits per heavy atom. The molecule has 2 rings (SSSR count). The molecular weight excluding hydrogens is 354 g/mol. The van der Waals surface area contributed by atoms with Crippen molar-refractivity contribution in [1.82, 2.24) is 0 Å². The first-order chi connectivity index (χ1) is 11.9. The van der Waals surface area contributed by atoms with E-state index in [1.807, 2.05) is 50.2 Å². The van der Waals surface area contributed by atoms with Crippen molar-refractivity contribution in [1.29, 1.82) is 5.26 Å². The van der Waals surface area contributed by atoms with E-state index in [1.165, 1.54) is 7.11 Å². The second-order valence-electron chi connectivity index (χ2n) is 5.54. The molecule has 0 N–H and O–H groups in total. The monoisotopic (exact) mass is 371 g/mol. The van der Waals surface area contributed by atoms with Crippen LogP contribution in [0.25, 0.3) is 6.08 Å². The molecule has 0 radical (unpaired) electrons. The summed E-state index contributed by atoms with van der Waals surface area (Å²) in [5.41, 5.74) is 4.13. The van der Waals surface area contributed by atoms with Crippen molar-refractivity contribution >= 4 is 35.4 Å². The Morgan fingerprint density at radius 1 is 1.28 bits per heavy atom. The van der Waals surface area contributed by atoms with Crippen LogP contribution in [0.1, 0.15) is 22.3 Å². The molecule has 0 atom stereocenters. The summed E-state index contributed by atoms with van der Waals surface area (Å²) in [6.07, 6.45) is 1.59. The number of halogens is 1. The van der Waals surface area contributed by atoms with Gasteiger partial charge in [0.15, 0.2) is 0 Å². The molecule has 25 heavy (non-hydrogen) atoms. The molecule has 0 aliphatic rings. The van der Waals surface area contributed by atoms with Crippen LogP contribution in [0.2, 0.25) is 5.02 Å². The lowest BCUT2D eigenvalue weighted by Gasteiger charge is -2.11. The number of methoxy groups -OCH3 is 1. The Morgan fingerprint density at radius 2 is 1.96 bits per heavy atom. The first-order valence-electron chi connectivity index (χ1n) is 7.63. The summed E-state index contributed by atoms with van der Waals surface area (Å²) in [6.45, 7) is 3.99. The van der Waals surface area contributed by atoms with E-state index >= 15 is 0 Å². The fraction of sp³-hybridized carbons (Fsp3) is 0.200. The van der Waals surface area contributed by atoms with Gasteiger partial charge in [0, 0.05) is 15.7 Å². The van der Waals surface area contributed by atoms with Crippen molar-refractivity contribution in [2.75, 3.05) is 7.11 Å². The van der Waals surface area contributed by atoms with Gasteiger partial charge < -0.3 is 4.74 Å². The van der Waals surface area contributed by atoms with Gasteiger partial charge in [0.1, 0.15) is 11.6 Å². The third-order valence-electron chi connectivity index (χ3n) is 3.73. The molecular formula is C20H18ClNO2S. The number of carbonyl (C=O) groups excluding carboxylic acids is 1. The Kier molecular flexibility index (Phi) is 6.69. The summed E-state index contributed by atoms with van der Waals surface area (Å²) in [5, 5.41) is 9.88. The van der Waals surface area contributed by atoms with Gasteiger partial charge in [-0.25, -0.2) is 4.79 Å². The van der Waals surface area contributed by atoms with Gasteiger partial charge in [-0.3, -0.25) is 0 Å². The summed E-state index contributed by atoms with van der Waals surface area (Å²) < 4.78 is 4.65. The van der Waals surface area contributed by atoms with E-state index in [1.54, 1.807) is 17.8 Å². The van der Waals surface area contributed by atoms with Gasteiger partial charge in [0.2, 0.25) is 0 Å². The highest BCUT2D eigenvalue weighted by atomic mass is 35.5. The number of rotatable bonds is 5. The van der Waals surface area contributed by atoms with Crippen LogP contribution in [-0.2, 0) is 15.3 Å². The molecule has 2 aromatic rings. The molecule has 0 aliphatic carbocycles. The van der Waals surface area contributed by atoms with Crippen LogP contribution in [0.3, 0.4) is 0 Å². The number of thioether (sulfide) groups is 1. The van der Waals surface area contributed by atoms with Gasteiger partial charge in [-0.05, 0) is 60.9 Å². The molecule has 0 spiro atoms. The SMILES string of the molecule is COC(=O)C(C#N)=Cc1cc(C)cc(CSc2ccc(Cl)cc2)c1C. The van der Waals surface area contributed by atoms with Gasteiger partial charge in [-0.15, -0.1) is 11.8 Å². The Bertz CT molecular complexity index is 851. The minimum absolute atomic E-state index is 0.00694. The molecule has 2 aromatic carbocycles. The molecule has 0 amide bonds. The normalized spacial score (nSPS) is 11.1. The molecule has 0 aliphatic heterocycles. The third-order valence-corrected chi connectivity index (χ3v) is 5.05. The molecule has 0 aromatic heterocycles. The number of carbonyl (C=O) groups is 1. The largest absolute Gasteiger partial charge is 0.465 e. The van der Waals surface area contributed by atoms with Crippen molar-refractivity contribution in [3.8, 4) is 6.07 Å². The van der Waals surface area contributed by atoms with Gasteiger partial charge in [0.05, 0.1) is 7.11 Å². The minimum atomic E-state index is -0.625. The number of aryl methyl sites for hydroxylation is 1. The third kappa shape index (κ3) is 5.12. The second-order valence-corrected chi connectivity index (χ2v) is 7.03. The van der Waals surface area contributed by atoms with Crippen LogP contribution in [0.4, 0.5) is 0 Å². The number of ether oxygens (including phenoxy) is 1. The lowest BCUT2D eigenvalue weighted by atomic mass is 9.98. The molecule has 0 bridgehead atoms. The highest BCUT2D eigenvalue weighted by Crippen LogP contribution is 2.28. The lowest BCUT2D eigenvalue weighted by Crippen LogP contribution is -2.03. The van der Waals surface area contributed by atoms with Crippen molar-refractivity contribution in [3.63, 3.8) is 0 Å². The first kappa shape index (κ1) is 19.1. The summed E-state index contributed by atoms with van der Waals surface area (Å²) in [7, 11) is 1.27. The Labute approximate surface area is 157 Å². The van der Waals surface area contributed by atoms with E-state index < -0.39 is 5.97 Å². The lowest BCUT2D eigenvalue weighted by molar-refractivity contribution is -0.135. The molecule has 128 valence electrons. The van der Waals surface area contributed by atoms with Gasteiger partial charge >= 0.3 is 5.97 Å². The molecule has 5 heteroatoms. The van der Waals surface area contributed by atoms with Gasteiger partial charge in [-0.2, -0.15) is 5.26 Å². The van der Waals surface area contributed by atoms with E-state index in [9.17, 15) is 4.79 Å². The van der Waals surface area contributed by atoms with E-state index in [2.05, 4.69) is 10.8 Å². The summed E-state index contributed by atoms with van der Waals surface area (Å²) in [5.74, 6) is 0.163. The Balaban J connectivity index is 2.30. The number of nitriles is 1. The molecule has 0 heterocycles. The summed E-state index contributed by atoms with van der Waals surface area (Å²) in [4.78, 5) is 12.8. The number of benzene rings is 2. The molecule has 0 saturated heterocycles. The number of hydrogen-bond acceptors (Lipinski definition) is 4. The summed E-state index contributed by atoms with van der Waals surface area (Å²) >= 11 is 7.63. The fourth-order valence-electron chi connectivity index (χ4n) is 2.36. The maximum Gasteiger partial charge on any atom is 0.348 e. The molecule has 0 saturated carbocycles. The van der Waals surface area contributed by atoms with Crippen LogP contribution in [0.15, 0.2) is 46.9 Å². The van der Waals surface area contributed by atoms with Gasteiger partial charge in [0.25, 0.3) is 0 Å². The van der Waals surface area contributed by atoms with Crippen LogP contribution in [0.5, 0.6) is 0 Å². The smallest absolute Gasteiger partial charge is 0.348 e. The van der Waals surface area contributed by atoms with Crippen LogP contribution in [-0.4, -0.2) is 13.1 Å². The highest BCUT2D eigenvalue weighted by Gasteiger charge is 2.11. The number of nitrogens with zero attached hydrogens (tertiary/aromatic N) is 1. The topological polar surface area (TPSA) is 50.1 Å². The number of hydrogen-bond donors (Lipinski definition) is 0. The molecule has 0 unspecified atom stereocenters. The zero-order valence-electron chi connectivity index (χ0n) is 14.3. The maximum absolute atomic E-state index is 11.6. The first-order valence-corrected chi connectivity index (χ1v) is 8.99. The predicted molar refractivity (Wildman–Crippen MR) is 103 cm³/mol. The van der Waals surface area contributed by atoms with E-state index in [0.29, 0.717) is 0 Å². The van der Waals surface area contributed by atoms with Crippen LogP contribution < -0.4 is 0 Å². The Hall–Kier alpha value is -2.22. The van der Waals surface area contributed by atoms with E-state index in [4.69, 9.17) is 16.9 Å². The van der Waals surface area contributed by atoms with Gasteiger partial charge in [-0.1, -0.05) is 29.3 Å². The van der Waals surface area contributed by atoms with Crippen molar-refractivity contribution in [2.45, 2.75) is 24.5 Å². The minimum Gasteiger partial charge on any atom is -0.465 e. The second kappa shape index (κ2) is 8.75. The van der Waals surface area contributed by atoms with E-state index in [0.717, 1.165) is 37.9 Å². The highest BCUT2D eigenvalue weighted by molar-refractivity contribution is 7.98. The zero-order valence-corrected chi connectivity index (χ0v) is 15.9. The molecule has 3 nitrogen and oxygen atoms in total. The molecule has 0 fully saturated rings. The zero-order chi connectivity index (χ0) is 18.4. The van der Waals surface area contributed by atoms with Crippen molar-refractivity contribution < 1.29 is 9.53 Å². The fourth-order valence-corrected chi connectivity index (χ4v) is 3.43. The average molecular weight is 372 g/mol. The number of esters is 1. The van der Waals surface area contributed by atoms with Crippen molar-refractivity contribution in [2.24, 2.45) is 0 Å². The quantitative estimate of drug-likeness (QED) is 0.308. The summed E-state index contributed by atoms with van der Waals surface area (Å²) in [6, 6.07) is 13.7. The average Bonchev–Trinajstić information content (AvgIpc) is 2.61. The standard InChI is InChI=1S/C20H18ClNO2S/c1-13-8-15(10-16(11-22)20(23)24-3)14(2)17(9-13)12-25-19-6-4-18(21)5-7-19/h4-10H,12H2,1-3H3.